The highest BCUT2D eigenvalue weighted by Crippen LogP contribution is 2.21. The molecule has 0 spiro atoms. The summed E-state index contributed by atoms with van der Waals surface area (Å²) < 4.78 is 28.6. The quantitative estimate of drug-likeness (QED) is 0.732. The van der Waals surface area contributed by atoms with Crippen LogP contribution in [0.2, 0.25) is 0 Å². The second-order valence-corrected chi connectivity index (χ2v) is 5.39. The van der Waals surface area contributed by atoms with Gasteiger partial charge in [0.2, 0.25) is 5.91 Å². The molecule has 20 heavy (non-hydrogen) atoms. The van der Waals surface area contributed by atoms with E-state index in [9.17, 15) is 18.7 Å². The van der Waals surface area contributed by atoms with Gasteiger partial charge in [0.25, 0.3) is 6.43 Å². The van der Waals surface area contributed by atoms with Crippen molar-refractivity contribution >= 4 is 5.91 Å². The monoisotopic (exact) mass is 293 g/mol. The van der Waals surface area contributed by atoms with Gasteiger partial charge >= 0.3 is 0 Å². The summed E-state index contributed by atoms with van der Waals surface area (Å²) in [7, 11) is 0. The average molecular weight is 293 g/mol. The Bertz CT molecular complexity index is 288. The Morgan fingerprint density at radius 2 is 2.15 bits per heavy atom. The van der Waals surface area contributed by atoms with Crippen molar-refractivity contribution in [1.29, 1.82) is 0 Å². The number of aliphatic hydroxyl groups is 1. The van der Waals surface area contributed by atoms with Crippen molar-refractivity contribution in [3.05, 3.63) is 0 Å². The Kier molecular flexibility index (Phi) is 7.99. The van der Waals surface area contributed by atoms with Gasteiger partial charge in [-0.05, 0) is 26.2 Å². The van der Waals surface area contributed by atoms with Crippen LogP contribution >= 0.6 is 0 Å². The Labute approximate surface area is 119 Å². The number of nitrogens with zero attached hydrogens (tertiary/aromatic N) is 1. The molecule has 1 heterocycles. The molecule has 1 fully saturated rings. The van der Waals surface area contributed by atoms with Gasteiger partial charge < -0.3 is 14.7 Å². The van der Waals surface area contributed by atoms with Crippen molar-refractivity contribution in [2.75, 3.05) is 19.8 Å². The number of carbonyl (C=O) groups is 1. The van der Waals surface area contributed by atoms with Crippen LogP contribution in [0.1, 0.15) is 45.4 Å². The Morgan fingerprint density at radius 3 is 2.80 bits per heavy atom. The molecular weight excluding hydrogens is 268 g/mol. The van der Waals surface area contributed by atoms with Gasteiger partial charge in [0, 0.05) is 12.6 Å². The maximum absolute atomic E-state index is 12.2. The molecule has 0 aromatic rings. The van der Waals surface area contributed by atoms with Crippen LogP contribution in [0.25, 0.3) is 0 Å². The van der Waals surface area contributed by atoms with Crippen LogP contribution in [0.4, 0.5) is 8.78 Å². The molecule has 2 atom stereocenters. The standard InChI is InChI=1S/C14H25F2NO3/c1-11(18)9-12-5-3-2-4-7-17(12)14(19)6-8-20-10-13(15)16/h11-13,18H,2-10H2,1H3. The van der Waals surface area contributed by atoms with Crippen molar-refractivity contribution in [1.82, 2.24) is 4.90 Å². The molecule has 0 radical (unpaired) electrons. The van der Waals surface area contributed by atoms with Gasteiger partial charge in [-0.25, -0.2) is 8.78 Å². The number of carbonyl (C=O) groups excluding carboxylic acids is 1. The molecule has 0 bridgehead atoms. The maximum atomic E-state index is 12.2. The van der Waals surface area contributed by atoms with E-state index >= 15 is 0 Å². The summed E-state index contributed by atoms with van der Waals surface area (Å²) in [4.78, 5) is 14.0. The summed E-state index contributed by atoms with van der Waals surface area (Å²) in [5.41, 5.74) is 0. The fraction of sp³-hybridized carbons (Fsp3) is 0.929. The van der Waals surface area contributed by atoms with Crippen molar-refractivity contribution < 1.29 is 23.4 Å². The third-order valence-electron chi connectivity index (χ3n) is 3.51. The number of rotatable bonds is 7. The van der Waals surface area contributed by atoms with E-state index in [0.717, 1.165) is 25.7 Å². The lowest BCUT2D eigenvalue weighted by atomic mass is 10.0. The first kappa shape index (κ1) is 17.3. The van der Waals surface area contributed by atoms with Gasteiger partial charge in [-0.1, -0.05) is 12.8 Å². The van der Waals surface area contributed by atoms with E-state index in [4.69, 9.17) is 4.74 Å². The van der Waals surface area contributed by atoms with Gasteiger partial charge in [0.15, 0.2) is 0 Å². The highest BCUT2D eigenvalue weighted by molar-refractivity contribution is 5.76. The van der Waals surface area contributed by atoms with E-state index < -0.39 is 19.1 Å². The number of alkyl halides is 2. The van der Waals surface area contributed by atoms with Gasteiger partial charge in [-0.15, -0.1) is 0 Å². The Balaban J connectivity index is 2.43. The van der Waals surface area contributed by atoms with Crippen LogP contribution < -0.4 is 0 Å². The zero-order chi connectivity index (χ0) is 15.0. The highest BCUT2D eigenvalue weighted by atomic mass is 19.3. The summed E-state index contributed by atoms with van der Waals surface area (Å²) >= 11 is 0. The van der Waals surface area contributed by atoms with Crippen LogP contribution in [0.5, 0.6) is 0 Å². The Morgan fingerprint density at radius 1 is 1.40 bits per heavy atom. The zero-order valence-corrected chi connectivity index (χ0v) is 12.1. The molecule has 2 unspecified atom stereocenters. The third kappa shape index (κ3) is 6.61. The summed E-state index contributed by atoms with van der Waals surface area (Å²) in [6.45, 7) is 1.82. The van der Waals surface area contributed by atoms with Gasteiger partial charge in [0.05, 0.1) is 19.1 Å². The van der Waals surface area contributed by atoms with Crippen LogP contribution in [-0.2, 0) is 9.53 Å². The molecule has 6 heteroatoms. The second-order valence-electron chi connectivity index (χ2n) is 5.39. The topological polar surface area (TPSA) is 49.8 Å². The van der Waals surface area contributed by atoms with Crippen molar-refractivity contribution in [2.24, 2.45) is 0 Å². The van der Waals surface area contributed by atoms with Gasteiger partial charge in [-0.3, -0.25) is 4.79 Å². The molecule has 1 N–H and O–H groups in total. The fourth-order valence-corrected chi connectivity index (χ4v) is 2.62. The number of aliphatic hydroxyl groups excluding tert-OH is 1. The molecule has 4 nitrogen and oxygen atoms in total. The predicted molar refractivity (Wildman–Crippen MR) is 71.7 cm³/mol. The molecule has 1 rings (SSSR count). The SMILES string of the molecule is CC(O)CC1CCCCCN1C(=O)CCOCC(F)F. The first-order valence-corrected chi connectivity index (χ1v) is 7.34. The minimum absolute atomic E-state index is 0.0288. The van der Waals surface area contributed by atoms with E-state index in [2.05, 4.69) is 0 Å². The molecule has 0 aromatic heterocycles. The largest absolute Gasteiger partial charge is 0.393 e. The summed E-state index contributed by atoms with van der Waals surface area (Å²) in [5, 5.41) is 9.53. The molecule has 1 aliphatic heterocycles. The summed E-state index contributed by atoms with van der Waals surface area (Å²) in [6, 6.07) is 0.0556. The average Bonchev–Trinajstić information content (AvgIpc) is 2.59. The first-order chi connectivity index (χ1) is 9.50. The van der Waals surface area contributed by atoms with Crippen LogP contribution in [-0.4, -0.2) is 54.2 Å². The highest BCUT2D eigenvalue weighted by Gasteiger charge is 2.26. The molecule has 0 aliphatic carbocycles. The van der Waals surface area contributed by atoms with Crippen LogP contribution in [0.15, 0.2) is 0 Å². The van der Waals surface area contributed by atoms with E-state index in [1.54, 1.807) is 11.8 Å². The first-order valence-electron chi connectivity index (χ1n) is 7.34. The van der Waals surface area contributed by atoms with Gasteiger partial charge in [-0.2, -0.15) is 0 Å². The number of amides is 1. The maximum Gasteiger partial charge on any atom is 0.261 e. The molecule has 118 valence electrons. The lowest BCUT2D eigenvalue weighted by Crippen LogP contribution is -2.41. The van der Waals surface area contributed by atoms with E-state index in [0.29, 0.717) is 13.0 Å². The normalized spacial score (nSPS) is 21.9. The zero-order valence-electron chi connectivity index (χ0n) is 12.1. The molecule has 0 aromatic carbocycles. The number of hydrogen-bond acceptors (Lipinski definition) is 3. The van der Waals surface area contributed by atoms with E-state index in [-0.39, 0.29) is 25.0 Å². The molecule has 1 saturated heterocycles. The third-order valence-corrected chi connectivity index (χ3v) is 3.51. The Hall–Kier alpha value is -0.750. The van der Waals surface area contributed by atoms with Crippen LogP contribution in [0, 0.1) is 0 Å². The molecule has 1 amide bonds. The van der Waals surface area contributed by atoms with Gasteiger partial charge in [0.1, 0.15) is 6.61 Å². The minimum Gasteiger partial charge on any atom is -0.393 e. The lowest BCUT2D eigenvalue weighted by molar-refractivity contribution is -0.135. The van der Waals surface area contributed by atoms with Crippen molar-refractivity contribution in [2.45, 2.75) is 64.0 Å². The van der Waals surface area contributed by atoms with Crippen molar-refractivity contribution in [3.63, 3.8) is 0 Å². The number of halogens is 2. The number of likely N-dealkylation sites (tertiary alicyclic amines) is 1. The summed E-state index contributed by atoms with van der Waals surface area (Å²) in [6.07, 6.45) is 1.77. The number of ether oxygens (including phenoxy) is 1. The van der Waals surface area contributed by atoms with E-state index in [1.165, 1.54) is 0 Å². The molecule has 0 saturated carbocycles. The number of hydrogen-bond donors (Lipinski definition) is 1. The summed E-state index contributed by atoms with van der Waals surface area (Å²) in [5.74, 6) is -0.0631. The minimum atomic E-state index is -2.49. The van der Waals surface area contributed by atoms with Crippen molar-refractivity contribution in [3.8, 4) is 0 Å². The second kappa shape index (κ2) is 9.23. The molecule has 1 aliphatic rings. The van der Waals surface area contributed by atoms with E-state index in [1.807, 2.05) is 0 Å². The fourth-order valence-electron chi connectivity index (χ4n) is 2.62. The smallest absolute Gasteiger partial charge is 0.261 e. The molecular formula is C14H25F2NO3. The van der Waals surface area contributed by atoms with Crippen LogP contribution in [0.3, 0.4) is 0 Å². The lowest BCUT2D eigenvalue weighted by Gasteiger charge is -2.31. The predicted octanol–water partition coefficient (Wildman–Crippen LogP) is 2.20.